The summed E-state index contributed by atoms with van der Waals surface area (Å²) in [5, 5.41) is 0. The minimum absolute atomic E-state index is 1.13. The monoisotopic (exact) mass is 189 g/mol. The molecule has 1 fully saturated rings. The molecule has 1 heterocycles. The van der Waals surface area contributed by atoms with E-state index in [1.807, 2.05) is 0 Å². The molecule has 0 aromatic rings. The van der Waals surface area contributed by atoms with Crippen LogP contribution >= 0.6 is 0 Å². The molecule has 0 amide bonds. The maximum atomic E-state index is 2.55. The molecule has 1 heteroatoms. The Morgan fingerprint density at radius 2 is 1.71 bits per heavy atom. The molecule has 2 rings (SSSR count). The molecule has 2 aliphatic rings. The fraction of sp³-hybridized carbons (Fsp3) is 0.538. The molecular formula is C13H19N. The molecular weight excluding hydrogens is 170 g/mol. The Bertz CT molecular complexity index is 278. The molecule has 1 aliphatic heterocycles. The highest BCUT2D eigenvalue weighted by molar-refractivity contribution is 5.27. The zero-order valence-electron chi connectivity index (χ0n) is 9.00. The smallest absolute Gasteiger partial charge is 0.0175 e. The third-order valence-corrected chi connectivity index (χ3v) is 3.00. The fourth-order valence-corrected chi connectivity index (χ4v) is 2.19. The molecule has 0 spiro atoms. The molecule has 0 aromatic carbocycles. The van der Waals surface area contributed by atoms with E-state index < -0.39 is 0 Å². The minimum Gasteiger partial charge on any atom is -0.375 e. The van der Waals surface area contributed by atoms with Crippen LogP contribution in [0.25, 0.3) is 0 Å². The Balaban J connectivity index is 2.05. The van der Waals surface area contributed by atoms with Crippen molar-refractivity contribution in [2.45, 2.75) is 32.6 Å². The SMILES string of the molecule is CC1=CC=CC=C(N2CCCCC2)C1. The van der Waals surface area contributed by atoms with Crippen molar-refractivity contribution in [1.29, 1.82) is 0 Å². The van der Waals surface area contributed by atoms with Crippen molar-refractivity contribution in [3.05, 3.63) is 35.6 Å². The van der Waals surface area contributed by atoms with Crippen molar-refractivity contribution < 1.29 is 0 Å². The predicted molar refractivity (Wildman–Crippen MR) is 61.0 cm³/mol. The van der Waals surface area contributed by atoms with E-state index in [2.05, 4.69) is 36.1 Å². The van der Waals surface area contributed by atoms with Crippen LogP contribution < -0.4 is 0 Å². The second kappa shape index (κ2) is 4.50. The standard InChI is InChI=1S/C13H19N/c1-12-7-3-4-8-13(11-12)14-9-5-2-6-10-14/h3-4,7-8H,2,5-6,9-11H2,1H3. The molecule has 0 bridgehead atoms. The van der Waals surface area contributed by atoms with Gasteiger partial charge in [-0.25, -0.2) is 0 Å². The van der Waals surface area contributed by atoms with Crippen LogP contribution in [-0.2, 0) is 0 Å². The second-order valence-corrected chi connectivity index (χ2v) is 4.28. The van der Waals surface area contributed by atoms with E-state index in [4.69, 9.17) is 0 Å². The summed E-state index contributed by atoms with van der Waals surface area (Å²) in [7, 11) is 0. The van der Waals surface area contributed by atoms with Gasteiger partial charge in [0.2, 0.25) is 0 Å². The summed E-state index contributed by atoms with van der Waals surface area (Å²) in [4.78, 5) is 2.55. The lowest BCUT2D eigenvalue weighted by atomic mass is 10.1. The number of allylic oxidation sites excluding steroid dienone is 5. The first-order valence-electron chi connectivity index (χ1n) is 5.64. The van der Waals surface area contributed by atoms with Crippen LogP contribution in [0.3, 0.4) is 0 Å². The third-order valence-electron chi connectivity index (χ3n) is 3.00. The molecule has 76 valence electrons. The van der Waals surface area contributed by atoms with Crippen LogP contribution in [0.4, 0.5) is 0 Å². The first kappa shape index (κ1) is 9.57. The quantitative estimate of drug-likeness (QED) is 0.612. The third kappa shape index (κ3) is 2.28. The first-order chi connectivity index (χ1) is 6.86. The zero-order chi connectivity index (χ0) is 9.80. The van der Waals surface area contributed by atoms with Crippen molar-refractivity contribution in [2.24, 2.45) is 0 Å². The summed E-state index contributed by atoms with van der Waals surface area (Å²) >= 11 is 0. The van der Waals surface area contributed by atoms with Crippen molar-refractivity contribution in [3.8, 4) is 0 Å². The Kier molecular flexibility index (Phi) is 3.07. The summed E-state index contributed by atoms with van der Waals surface area (Å²) in [6, 6.07) is 0. The molecule has 0 atom stereocenters. The average molecular weight is 189 g/mol. The molecule has 1 nitrogen and oxygen atoms in total. The lowest BCUT2D eigenvalue weighted by molar-refractivity contribution is 0.280. The zero-order valence-corrected chi connectivity index (χ0v) is 9.00. The van der Waals surface area contributed by atoms with Crippen LogP contribution in [0.2, 0.25) is 0 Å². The number of rotatable bonds is 1. The maximum absolute atomic E-state index is 2.55. The predicted octanol–water partition coefficient (Wildman–Crippen LogP) is 3.26. The normalized spacial score (nSPS) is 22.8. The molecule has 0 aromatic heterocycles. The van der Waals surface area contributed by atoms with Gasteiger partial charge in [-0.2, -0.15) is 0 Å². The molecule has 1 saturated heterocycles. The Hall–Kier alpha value is -0.980. The number of hydrogen-bond acceptors (Lipinski definition) is 1. The van der Waals surface area contributed by atoms with Gasteiger partial charge in [-0.15, -0.1) is 0 Å². The van der Waals surface area contributed by atoms with Crippen molar-refractivity contribution in [1.82, 2.24) is 4.90 Å². The van der Waals surface area contributed by atoms with Crippen molar-refractivity contribution in [2.75, 3.05) is 13.1 Å². The first-order valence-corrected chi connectivity index (χ1v) is 5.64. The van der Waals surface area contributed by atoms with Gasteiger partial charge >= 0.3 is 0 Å². The molecule has 0 saturated carbocycles. The van der Waals surface area contributed by atoms with Crippen molar-refractivity contribution in [3.63, 3.8) is 0 Å². The van der Waals surface area contributed by atoms with Crippen LogP contribution in [-0.4, -0.2) is 18.0 Å². The molecule has 0 radical (unpaired) electrons. The number of piperidine rings is 1. The van der Waals surface area contributed by atoms with Gasteiger partial charge in [0.1, 0.15) is 0 Å². The topological polar surface area (TPSA) is 3.24 Å². The van der Waals surface area contributed by atoms with Gasteiger partial charge in [-0.3, -0.25) is 0 Å². The average Bonchev–Trinajstić information content (AvgIpc) is 2.44. The van der Waals surface area contributed by atoms with Gasteiger partial charge in [0.25, 0.3) is 0 Å². The van der Waals surface area contributed by atoms with Gasteiger partial charge in [-0.05, 0) is 32.3 Å². The largest absolute Gasteiger partial charge is 0.375 e. The van der Waals surface area contributed by atoms with Crippen LogP contribution in [0.15, 0.2) is 35.6 Å². The van der Waals surface area contributed by atoms with Crippen LogP contribution in [0, 0.1) is 0 Å². The van der Waals surface area contributed by atoms with E-state index in [9.17, 15) is 0 Å². The van der Waals surface area contributed by atoms with Crippen molar-refractivity contribution >= 4 is 0 Å². The number of hydrogen-bond donors (Lipinski definition) is 0. The number of nitrogens with zero attached hydrogens (tertiary/aromatic N) is 1. The Morgan fingerprint density at radius 1 is 1.00 bits per heavy atom. The van der Waals surface area contributed by atoms with Crippen LogP contribution in [0.5, 0.6) is 0 Å². The molecule has 0 N–H and O–H groups in total. The lowest BCUT2D eigenvalue weighted by Gasteiger charge is -2.31. The fourth-order valence-electron chi connectivity index (χ4n) is 2.19. The highest BCUT2D eigenvalue weighted by Gasteiger charge is 2.13. The van der Waals surface area contributed by atoms with Crippen LogP contribution in [0.1, 0.15) is 32.6 Å². The summed E-state index contributed by atoms with van der Waals surface area (Å²) < 4.78 is 0. The summed E-state index contributed by atoms with van der Waals surface area (Å²) in [6.07, 6.45) is 14.1. The molecule has 14 heavy (non-hydrogen) atoms. The Labute approximate surface area is 86.8 Å². The minimum atomic E-state index is 1.13. The number of likely N-dealkylation sites (tertiary alicyclic amines) is 1. The van der Waals surface area contributed by atoms with E-state index in [-0.39, 0.29) is 0 Å². The second-order valence-electron chi connectivity index (χ2n) is 4.28. The molecule has 0 unspecified atom stereocenters. The van der Waals surface area contributed by atoms with Gasteiger partial charge in [0.15, 0.2) is 0 Å². The van der Waals surface area contributed by atoms with Gasteiger partial charge in [0, 0.05) is 25.2 Å². The maximum Gasteiger partial charge on any atom is 0.0175 e. The summed E-state index contributed by atoms with van der Waals surface area (Å²) in [5.74, 6) is 0. The van der Waals surface area contributed by atoms with E-state index in [0.29, 0.717) is 0 Å². The van der Waals surface area contributed by atoms with E-state index in [1.165, 1.54) is 43.6 Å². The van der Waals surface area contributed by atoms with E-state index in [1.54, 1.807) is 0 Å². The summed E-state index contributed by atoms with van der Waals surface area (Å²) in [5.41, 5.74) is 2.97. The van der Waals surface area contributed by atoms with Gasteiger partial charge in [0.05, 0.1) is 0 Å². The molecule has 1 aliphatic carbocycles. The lowest BCUT2D eigenvalue weighted by Crippen LogP contribution is -2.29. The Morgan fingerprint density at radius 3 is 2.50 bits per heavy atom. The van der Waals surface area contributed by atoms with Gasteiger partial charge < -0.3 is 4.90 Å². The van der Waals surface area contributed by atoms with E-state index in [0.717, 1.165) is 6.42 Å². The summed E-state index contributed by atoms with van der Waals surface area (Å²) in [6.45, 7) is 4.73. The highest BCUT2D eigenvalue weighted by atomic mass is 15.1. The van der Waals surface area contributed by atoms with Gasteiger partial charge in [-0.1, -0.05) is 23.8 Å². The highest BCUT2D eigenvalue weighted by Crippen LogP contribution is 2.21. The van der Waals surface area contributed by atoms with E-state index >= 15 is 0 Å².